The second kappa shape index (κ2) is 5.58. The molecule has 118 valence electrons. The highest BCUT2D eigenvalue weighted by atomic mass is 15.3. The number of nitrogens with zero attached hydrogens (tertiary/aromatic N) is 3. The summed E-state index contributed by atoms with van der Waals surface area (Å²) in [6.07, 6.45) is 1.94. The zero-order valence-electron chi connectivity index (χ0n) is 12.8. The summed E-state index contributed by atoms with van der Waals surface area (Å²) < 4.78 is 1.74. The van der Waals surface area contributed by atoms with Gasteiger partial charge >= 0.3 is 0 Å². The highest BCUT2D eigenvalue weighted by Crippen LogP contribution is 2.23. The first-order chi connectivity index (χ1) is 11.7. The van der Waals surface area contributed by atoms with Crippen LogP contribution in [0.15, 0.2) is 66.9 Å². The van der Waals surface area contributed by atoms with E-state index in [2.05, 4.69) is 15.4 Å². The van der Waals surface area contributed by atoms with Gasteiger partial charge in [-0.3, -0.25) is 0 Å². The van der Waals surface area contributed by atoms with E-state index in [0.29, 0.717) is 11.6 Å². The lowest BCUT2D eigenvalue weighted by Gasteiger charge is -2.04. The van der Waals surface area contributed by atoms with Crippen molar-refractivity contribution in [1.82, 2.24) is 14.6 Å². The summed E-state index contributed by atoms with van der Waals surface area (Å²) in [5.74, 6) is 0.502. The van der Waals surface area contributed by atoms with E-state index in [0.717, 1.165) is 28.1 Å². The molecule has 0 radical (unpaired) electrons. The summed E-state index contributed by atoms with van der Waals surface area (Å²) in [5.41, 5.74) is 16.7. The van der Waals surface area contributed by atoms with Gasteiger partial charge in [0.25, 0.3) is 0 Å². The third kappa shape index (κ3) is 2.61. The predicted octanol–water partition coefficient (Wildman–Crippen LogP) is 3.30. The van der Waals surface area contributed by atoms with Crippen molar-refractivity contribution < 1.29 is 0 Å². The van der Waals surface area contributed by atoms with Gasteiger partial charge in [-0.1, -0.05) is 24.3 Å². The lowest BCUT2D eigenvalue weighted by atomic mass is 10.1. The van der Waals surface area contributed by atoms with Crippen molar-refractivity contribution in [1.29, 1.82) is 0 Å². The van der Waals surface area contributed by atoms with Crippen molar-refractivity contribution in [3.05, 3.63) is 66.9 Å². The van der Waals surface area contributed by atoms with Gasteiger partial charge in [-0.2, -0.15) is 4.98 Å². The maximum Gasteiger partial charge on any atom is 0.247 e. The van der Waals surface area contributed by atoms with Crippen LogP contribution in [0.1, 0.15) is 0 Å². The molecule has 0 unspecified atom stereocenters. The monoisotopic (exact) mass is 316 g/mol. The molecule has 2 aromatic heterocycles. The number of aromatic nitrogens is 3. The van der Waals surface area contributed by atoms with Crippen LogP contribution in [0.25, 0.3) is 16.8 Å². The Morgan fingerprint density at radius 2 is 1.58 bits per heavy atom. The Hall–Kier alpha value is -3.54. The van der Waals surface area contributed by atoms with Gasteiger partial charge in [0.1, 0.15) is 0 Å². The molecule has 2 aromatic carbocycles. The van der Waals surface area contributed by atoms with Crippen LogP contribution in [-0.2, 0) is 0 Å². The average molecular weight is 316 g/mol. The molecule has 4 rings (SSSR count). The Bertz CT molecular complexity index is 1000. The molecule has 0 fully saturated rings. The lowest BCUT2D eigenvalue weighted by Crippen LogP contribution is -1.97. The van der Waals surface area contributed by atoms with Crippen molar-refractivity contribution in [2.75, 3.05) is 16.8 Å². The quantitative estimate of drug-likeness (QED) is 0.504. The molecule has 6 nitrogen and oxygen atoms in total. The molecule has 0 saturated heterocycles. The highest BCUT2D eigenvalue weighted by molar-refractivity contribution is 5.71. The van der Waals surface area contributed by atoms with Crippen LogP contribution in [-0.4, -0.2) is 14.6 Å². The number of fused-ring (bicyclic) bond motifs is 1. The fourth-order valence-electron chi connectivity index (χ4n) is 2.51. The SMILES string of the molecule is Nc1ccc(-c2ccc3nc(Nc4ccccc4N)nn3c2)cc1. The third-order valence-electron chi connectivity index (χ3n) is 3.78. The van der Waals surface area contributed by atoms with E-state index in [1.807, 2.05) is 66.9 Å². The van der Waals surface area contributed by atoms with Gasteiger partial charge in [0.2, 0.25) is 5.95 Å². The largest absolute Gasteiger partial charge is 0.399 e. The Labute approximate surface area is 138 Å². The van der Waals surface area contributed by atoms with Crippen LogP contribution in [0.4, 0.5) is 23.0 Å². The maximum atomic E-state index is 5.94. The summed E-state index contributed by atoms with van der Waals surface area (Å²) >= 11 is 0. The zero-order chi connectivity index (χ0) is 16.5. The van der Waals surface area contributed by atoms with Crippen LogP contribution >= 0.6 is 0 Å². The number of nitrogen functional groups attached to an aromatic ring is 2. The number of hydrogen-bond acceptors (Lipinski definition) is 5. The predicted molar refractivity (Wildman–Crippen MR) is 97.0 cm³/mol. The number of benzene rings is 2. The van der Waals surface area contributed by atoms with Crippen molar-refractivity contribution in [3.63, 3.8) is 0 Å². The van der Waals surface area contributed by atoms with E-state index in [1.165, 1.54) is 0 Å². The number of anilines is 4. The molecule has 0 spiro atoms. The molecule has 0 saturated carbocycles. The van der Waals surface area contributed by atoms with E-state index in [9.17, 15) is 0 Å². The minimum atomic E-state index is 0.502. The topological polar surface area (TPSA) is 94.3 Å². The Morgan fingerprint density at radius 3 is 2.38 bits per heavy atom. The Morgan fingerprint density at radius 1 is 0.833 bits per heavy atom. The lowest BCUT2D eigenvalue weighted by molar-refractivity contribution is 0.967. The summed E-state index contributed by atoms with van der Waals surface area (Å²) in [6.45, 7) is 0. The van der Waals surface area contributed by atoms with E-state index < -0.39 is 0 Å². The summed E-state index contributed by atoms with van der Waals surface area (Å²) in [7, 11) is 0. The highest BCUT2D eigenvalue weighted by Gasteiger charge is 2.07. The molecule has 4 aromatic rings. The fourth-order valence-corrected chi connectivity index (χ4v) is 2.51. The molecule has 0 aliphatic heterocycles. The summed E-state index contributed by atoms with van der Waals surface area (Å²) in [5, 5.41) is 7.61. The van der Waals surface area contributed by atoms with E-state index in [1.54, 1.807) is 4.52 Å². The number of nitrogens with one attached hydrogen (secondary N) is 1. The number of hydrogen-bond donors (Lipinski definition) is 3. The normalized spacial score (nSPS) is 10.8. The average Bonchev–Trinajstić information content (AvgIpc) is 2.99. The van der Waals surface area contributed by atoms with Gasteiger partial charge in [-0.05, 0) is 42.0 Å². The second-order valence-corrected chi connectivity index (χ2v) is 5.49. The second-order valence-electron chi connectivity index (χ2n) is 5.49. The zero-order valence-corrected chi connectivity index (χ0v) is 12.8. The van der Waals surface area contributed by atoms with Gasteiger partial charge in [0.15, 0.2) is 5.65 Å². The number of rotatable bonds is 3. The molecule has 0 bridgehead atoms. The third-order valence-corrected chi connectivity index (χ3v) is 3.78. The molecular weight excluding hydrogens is 300 g/mol. The molecular formula is C18H16N6. The van der Waals surface area contributed by atoms with Gasteiger partial charge in [-0.15, -0.1) is 5.10 Å². The molecule has 0 amide bonds. The van der Waals surface area contributed by atoms with Gasteiger partial charge < -0.3 is 16.8 Å². The minimum Gasteiger partial charge on any atom is -0.399 e. The fraction of sp³-hybridized carbons (Fsp3) is 0. The van der Waals surface area contributed by atoms with Gasteiger partial charge in [0, 0.05) is 17.4 Å². The standard InChI is InChI=1S/C18H16N6/c19-14-8-5-12(6-9-14)13-7-10-17-22-18(23-24(17)11-13)21-16-4-2-1-3-15(16)20/h1-11H,19-20H2,(H,21,23). The number of para-hydroxylation sites is 2. The van der Waals surface area contributed by atoms with Crippen molar-refractivity contribution in [2.45, 2.75) is 0 Å². The molecule has 2 heterocycles. The maximum absolute atomic E-state index is 5.94. The van der Waals surface area contributed by atoms with Crippen molar-refractivity contribution >= 4 is 28.7 Å². The van der Waals surface area contributed by atoms with Crippen LogP contribution in [0.2, 0.25) is 0 Å². The van der Waals surface area contributed by atoms with Crippen molar-refractivity contribution in [2.24, 2.45) is 0 Å². The van der Waals surface area contributed by atoms with Crippen LogP contribution in [0.3, 0.4) is 0 Å². The van der Waals surface area contributed by atoms with Crippen molar-refractivity contribution in [3.8, 4) is 11.1 Å². The van der Waals surface area contributed by atoms with Crippen LogP contribution in [0.5, 0.6) is 0 Å². The summed E-state index contributed by atoms with van der Waals surface area (Å²) in [4.78, 5) is 4.46. The number of nitrogens with two attached hydrogens (primary N) is 2. The van der Waals surface area contributed by atoms with E-state index in [-0.39, 0.29) is 0 Å². The van der Waals surface area contributed by atoms with E-state index >= 15 is 0 Å². The molecule has 0 atom stereocenters. The van der Waals surface area contributed by atoms with Gasteiger partial charge in [-0.25, -0.2) is 4.52 Å². The van der Waals surface area contributed by atoms with Crippen LogP contribution in [0, 0.1) is 0 Å². The molecule has 0 aliphatic carbocycles. The first-order valence-electron chi connectivity index (χ1n) is 7.53. The molecule has 0 aliphatic rings. The minimum absolute atomic E-state index is 0.502. The number of pyridine rings is 1. The van der Waals surface area contributed by atoms with Crippen LogP contribution < -0.4 is 16.8 Å². The van der Waals surface area contributed by atoms with E-state index in [4.69, 9.17) is 11.5 Å². The Kier molecular flexibility index (Phi) is 3.28. The van der Waals surface area contributed by atoms with Gasteiger partial charge in [0.05, 0.1) is 11.4 Å². The molecule has 6 heteroatoms. The first kappa shape index (κ1) is 14.1. The molecule has 24 heavy (non-hydrogen) atoms. The smallest absolute Gasteiger partial charge is 0.247 e. The first-order valence-corrected chi connectivity index (χ1v) is 7.53. The summed E-state index contributed by atoms with van der Waals surface area (Å²) in [6, 6.07) is 19.2. The Balaban J connectivity index is 1.68. The molecule has 5 N–H and O–H groups in total.